The first-order chi connectivity index (χ1) is 19.7. The van der Waals surface area contributed by atoms with Crippen molar-refractivity contribution in [2.24, 2.45) is 0 Å². The molecule has 2 aromatic carbocycles. The molecule has 0 radical (unpaired) electrons. The Balaban J connectivity index is 1.12. The largest absolute Gasteiger partial charge is 0.637 e. The van der Waals surface area contributed by atoms with E-state index in [-0.39, 0.29) is 12.2 Å². The molecular weight excluding hydrogens is 513 g/mol. The topological polar surface area (TPSA) is 41.9 Å². The van der Waals surface area contributed by atoms with Crippen molar-refractivity contribution >= 4 is 19.1 Å². The van der Waals surface area contributed by atoms with E-state index in [1.165, 1.54) is 89.9 Å². The van der Waals surface area contributed by atoms with Crippen LogP contribution in [0.25, 0.3) is 0 Å². The highest BCUT2D eigenvalue weighted by atomic mass is 32.2. The quantitative estimate of drug-likeness (QED) is 0.111. The third kappa shape index (κ3) is 11.5. The molecule has 2 heterocycles. The van der Waals surface area contributed by atoms with Crippen molar-refractivity contribution in [2.45, 2.75) is 120 Å². The van der Waals surface area contributed by atoms with Crippen LogP contribution in [-0.4, -0.2) is 47.4 Å². The van der Waals surface area contributed by atoms with Crippen LogP contribution in [0.5, 0.6) is 0 Å². The SMILES string of the molecule is CCCCCCCCC1SC1CCCCCCCCN1CC(c2ccccc2)OB(O)OC(c2ccccc2)C1. The van der Waals surface area contributed by atoms with Gasteiger partial charge in [-0.15, -0.1) is 0 Å². The summed E-state index contributed by atoms with van der Waals surface area (Å²) in [5.74, 6) is 0. The standard InChI is InChI=1S/C34H52BNO3S/c1-2-3-4-5-8-17-24-33-34(40-33)25-18-9-6-7-10-19-26-36-27-31(29-20-13-11-14-21-29)38-35(37)39-32(28-36)30-22-15-12-16-23-30/h11-16,20-23,31-34,37H,2-10,17-19,24-28H2,1H3. The second kappa shape index (κ2) is 18.3. The molecule has 4 rings (SSSR count). The average Bonchev–Trinajstić information content (AvgIpc) is 3.73. The fraction of sp³-hybridized carbons (Fsp3) is 0.647. The number of unbranched alkanes of at least 4 members (excludes halogenated alkanes) is 10. The normalized spacial score (nSPS) is 23.6. The van der Waals surface area contributed by atoms with Gasteiger partial charge in [0.25, 0.3) is 0 Å². The van der Waals surface area contributed by atoms with Crippen molar-refractivity contribution in [1.82, 2.24) is 4.90 Å². The van der Waals surface area contributed by atoms with Crippen LogP contribution in [0.1, 0.15) is 120 Å². The van der Waals surface area contributed by atoms with Crippen molar-refractivity contribution in [3.63, 3.8) is 0 Å². The Kier molecular flexibility index (Phi) is 14.5. The van der Waals surface area contributed by atoms with Crippen LogP contribution in [-0.2, 0) is 9.31 Å². The van der Waals surface area contributed by atoms with Crippen LogP contribution < -0.4 is 0 Å². The molecule has 1 N–H and O–H groups in total. The van der Waals surface area contributed by atoms with Gasteiger partial charge in [0, 0.05) is 23.6 Å². The zero-order valence-corrected chi connectivity index (χ0v) is 25.6. The molecule has 2 fully saturated rings. The second-order valence-corrected chi connectivity index (χ2v) is 13.3. The Morgan fingerprint density at radius 2 is 1.12 bits per heavy atom. The van der Waals surface area contributed by atoms with Crippen molar-refractivity contribution < 1.29 is 14.3 Å². The fourth-order valence-electron chi connectivity index (χ4n) is 6.03. The average molecular weight is 566 g/mol. The summed E-state index contributed by atoms with van der Waals surface area (Å²) in [5, 5.41) is 12.5. The third-order valence-corrected chi connectivity index (χ3v) is 10.0. The summed E-state index contributed by atoms with van der Waals surface area (Å²) in [6, 6.07) is 20.4. The minimum atomic E-state index is -1.24. The summed E-state index contributed by atoms with van der Waals surface area (Å²) < 4.78 is 12.0. The molecule has 4 unspecified atom stereocenters. The summed E-state index contributed by atoms with van der Waals surface area (Å²) in [4.78, 5) is 2.47. The van der Waals surface area contributed by atoms with E-state index in [1.54, 1.807) is 0 Å². The minimum Gasteiger partial charge on any atom is -0.402 e. The van der Waals surface area contributed by atoms with Gasteiger partial charge in [-0.3, -0.25) is 4.90 Å². The molecule has 2 aliphatic heterocycles. The summed E-state index contributed by atoms with van der Waals surface area (Å²) in [6.07, 6.45) is 18.9. The van der Waals surface area contributed by atoms with E-state index in [2.05, 4.69) is 47.9 Å². The highest BCUT2D eigenvalue weighted by Crippen LogP contribution is 2.47. The predicted molar refractivity (Wildman–Crippen MR) is 170 cm³/mol. The van der Waals surface area contributed by atoms with E-state index >= 15 is 0 Å². The molecule has 0 aliphatic carbocycles. The lowest BCUT2D eigenvalue weighted by atomic mass is 10.0. The second-order valence-electron chi connectivity index (χ2n) is 11.8. The lowest BCUT2D eigenvalue weighted by Gasteiger charge is -2.35. The van der Waals surface area contributed by atoms with Gasteiger partial charge < -0.3 is 14.3 Å². The first-order valence-electron chi connectivity index (χ1n) is 16.2. The maximum Gasteiger partial charge on any atom is 0.637 e. The van der Waals surface area contributed by atoms with Crippen LogP contribution in [0.3, 0.4) is 0 Å². The van der Waals surface area contributed by atoms with Gasteiger partial charge in [-0.1, -0.05) is 138 Å². The van der Waals surface area contributed by atoms with Gasteiger partial charge in [0.15, 0.2) is 0 Å². The lowest BCUT2D eigenvalue weighted by Crippen LogP contribution is -2.42. The molecular formula is C34H52BNO3S. The Labute approximate surface area is 248 Å². The van der Waals surface area contributed by atoms with Crippen LogP contribution >= 0.6 is 11.8 Å². The first-order valence-corrected chi connectivity index (χ1v) is 17.1. The first kappa shape index (κ1) is 31.6. The monoisotopic (exact) mass is 565 g/mol. The fourth-order valence-corrected chi connectivity index (χ4v) is 7.27. The zero-order valence-electron chi connectivity index (χ0n) is 24.8. The molecule has 40 heavy (non-hydrogen) atoms. The summed E-state index contributed by atoms with van der Waals surface area (Å²) in [7, 11) is -1.24. The van der Waals surface area contributed by atoms with Gasteiger partial charge in [0.05, 0.1) is 12.2 Å². The molecule has 2 aliphatic rings. The number of hydrogen-bond acceptors (Lipinski definition) is 5. The van der Waals surface area contributed by atoms with Gasteiger partial charge in [0.2, 0.25) is 0 Å². The Bertz CT molecular complexity index is 868. The van der Waals surface area contributed by atoms with Crippen molar-refractivity contribution in [3.8, 4) is 0 Å². The van der Waals surface area contributed by atoms with E-state index in [1.807, 2.05) is 36.4 Å². The van der Waals surface area contributed by atoms with E-state index < -0.39 is 7.32 Å². The molecule has 0 amide bonds. The molecule has 0 spiro atoms. The maximum atomic E-state index is 10.5. The third-order valence-electron chi connectivity index (χ3n) is 8.49. The summed E-state index contributed by atoms with van der Waals surface area (Å²) in [5.41, 5.74) is 2.16. The molecule has 4 atom stereocenters. The number of thioether (sulfide) groups is 1. The number of nitrogens with zero attached hydrogens (tertiary/aromatic N) is 1. The number of rotatable bonds is 18. The van der Waals surface area contributed by atoms with E-state index in [4.69, 9.17) is 9.31 Å². The highest BCUT2D eigenvalue weighted by Gasteiger charge is 2.36. The van der Waals surface area contributed by atoms with E-state index in [0.29, 0.717) is 0 Å². The number of benzene rings is 2. The molecule has 6 heteroatoms. The van der Waals surface area contributed by atoms with Gasteiger partial charge >= 0.3 is 7.32 Å². The van der Waals surface area contributed by atoms with E-state index in [0.717, 1.165) is 41.3 Å². The van der Waals surface area contributed by atoms with Gasteiger partial charge in [-0.2, -0.15) is 11.8 Å². The predicted octanol–water partition coefficient (Wildman–Crippen LogP) is 8.76. The van der Waals surface area contributed by atoms with Crippen LogP contribution in [0.4, 0.5) is 0 Å². The van der Waals surface area contributed by atoms with Gasteiger partial charge in [-0.25, -0.2) is 0 Å². The zero-order chi connectivity index (χ0) is 27.8. The smallest absolute Gasteiger partial charge is 0.402 e. The molecule has 2 saturated heterocycles. The molecule has 220 valence electrons. The minimum absolute atomic E-state index is 0.210. The van der Waals surface area contributed by atoms with Crippen molar-refractivity contribution in [1.29, 1.82) is 0 Å². The molecule has 0 bridgehead atoms. The Morgan fingerprint density at radius 1 is 0.675 bits per heavy atom. The summed E-state index contributed by atoms with van der Waals surface area (Å²) in [6.45, 7) is 4.83. The van der Waals surface area contributed by atoms with Crippen LogP contribution in [0, 0.1) is 0 Å². The van der Waals surface area contributed by atoms with Crippen LogP contribution in [0.15, 0.2) is 60.7 Å². The summed E-state index contributed by atoms with van der Waals surface area (Å²) >= 11 is 2.25. The van der Waals surface area contributed by atoms with E-state index in [9.17, 15) is 5.02 Å². The Morgan fingerprint density at radius 3 is 1.62 bits per heavy atom. The molecule has 0 saturated carbocycles. The van der Waals surface area contributed by atoms with Crippen LogP contribution in [0.2, 0.25) is 0 Å². The maximum absolute atomic E-state index is 10.5. The Hall–Kier alpha value is -1.31. The molecule has 4 nitrogen and oxygen atoms in total. The number of hydrogen-bond donors (Lipinski definition) is 1. The molecule has 0 aromatic heterocycles. The van der Waals surface area contributed by atoms with Crippen molar-refractivity contribution in [2.75, 3.05) is 19.6 Å². The lowest BCUT2D eigenvalue weighted by molar-refractivity contribution is -0.00830. The van der Waals surface area contributed by atoms with Gasteiger partial charge in [-0.05, 0) is 36.9 Å². The highest BCUT2D eigenvalue weighted by molar-refractivity contribution is 8.07. The van der Waals surface area contributed by atoms with Gasteiger partial charge in [0.1, 0.15) is 0 Å². The van der Waals surface area contributed by atoms with Crippen molar-refractivity contribution in [3.05, 3.63) is 71.8 Å². The molecule has 2 aromatic rings.